The molecule has 236 valence electrons. The van der Waals surface area contributed by atoms with Crippen molar-refractivity contribution in [2.24, 2.45) is 11.8 Å². The highest BCUT2D eigenvalue weighted by Crippen LogP contribution is 2.59. The summed E-state index contributed by atoms with van der Waals surface area (Å²) in [5.74, 6) is -2.90. The van der Waals surface area contributed by atoms with Gasteiger partial charge in [0.15, 0.2) is 0 Å². The number of anilines is 2. The number of hydrogen-bond acceptors (Lipinski definition) is 5. The minimum atomic E-state index is -1.46. The lowest BCUT2D eigenvalue weighted by atomic mass is 9.73. The molecule has 4 heterocycles. The van der Waals surface area contributed by atoms with Gasteiger partial charge in [-0.05, 0) is 42.7 Å². The second kappa shape index (κ2) is 11.8. The Kier molecular flexibility index (Phi) is 7.83. The molecule has 3 aromatic carbocycles. The van der Waals surface area contributed by atoms with Gasteiger partial charge >= 0.3 is 0 Å². The highest BCUT2D eigenvalue weighted by molar-refractivity contribution is 6.34. The van der Waals surface area contributed by atoms with Crippen molar-refractivity contribution >= 4 is 40.7 Å². The van der Waals surface area contributed by atoms with Crippen LogP contribution in [0.25, 0.3) is 0 Å². The maximum Gasteiger partial charge on any atom is 0.253 e. The number of amides is 3. The number of benzene rings is 3. The van der Waals surface area contributed by atoms with Crippen molar-refractivity contribution in [1.29, 1.82) is 0 Å². The number of carbonyl (C=O) groups is 3. The topological polar surface area (TPSA) is 90.4 Å². The molecule has 2 fully saturated rings. The van der Waals surface area contributed by atoms with Crippen LogP contribution in [0.3, 0.4) is 0 Å². The Labute approximate surface area is 273 Å². The molecule has 4 aliphatic heterocycles. The molecular formula is C37H36ClN3O5. The average molecular weight is 638 g/mol. The molecule has 1 spiro atoms. The van der Waals surface area contributed by atoms with Crippen LogP contribution in [0.5, 0.6) is 0 Å². The first-order valence-electron chi connectivity index (χ1n) is 15.8. The summed E-state index contributed by atoms with van der Waals surface area (Å²) in [6, 6.07) is 24.2. The van der Waals surface area contributed by atoms with Gasteiger partial charge in [0.25, 0.3) is 5.91 Å². The zero-order valence-electron chi connectivity index (χ0n) is 25.5. The Morgan fingerprint density at radius 2 is 1.48 bits per heavy atom. The van der Waals surface area contributed by atoms with E-state index in [1.165, 1.54) is 4.90 Å². The molecular weight excluding hydrogens is 602 g/mol. The van der Waals surface area contributed by atoms with Crippen molar-refractivity contribution in [3.8, 4) is 0 Å². The first kappa shape index (κ1) is 30.4. The maximum atomic E-state index is 15.0. The van der Waals surface area contributed by atoms with Crippen LogP contribution in [0.2, 0.25) is 5.02 Å². The number of halogens is 1. The zero-order chi connectivity index (χ0) is 32.1. The monoisotopic (exact) mass is 637 g/mol. The minimum Gasteiger partial charge on any atom is -0.394 e. The van der Waals surface area contributed by atoms with E-state index in [0.717, 1.165) is 11.3 Å². The van der Waals surface area contributed by atoms with Crippen LogP contribution < -0.4 is 9.80 Å². The normalized spacial score (nSPS) is 29.3. The summed E-state index contributed by atoms with van der Waals surface area (Å²) in [6.07, 6.45) is 8.25. The molecule has 4 aliphatic rings. The first-order valence-corrected chi connectivity index (χ1v) is 16.2. The SMILES string of the molecule is CC[C@@]12C=CCN(c3ccccc3)C(=O)[C@@H]1[C@H]1C(=O)N([C@@H](CO)Cc3ccccc3)C3C(=O)N(c4ccccc4Cl)CC=C[C@@]31O2. The predicted molar refractivity (Wildman–Crippen MR) is 176 cm³/mol. The molecule has 3 amide bonds. The van der Waals surface area contributed by atoms with Crippen molar-refractivity contribution in [2.75, 3.05) is 29.5 Å². The van der Waals surface area contributed by atoms with Gasteiger partial charge in [0.2, 0.25) is 11.8 Å². The van der Waals surface area contributed by atoms with E-state index in [2.05, 4.69) is 0 Å². The van der Waals surface area contributed by atoms with Gasteiger partial charge in [-0.3, -0.25) is 14.4 Å². The molecule has 1 N–H and O–H groups in total. The van der Waals surface area contributed by atoms with Crippen molar-refractivity contribution in [1.82, 2.24) is 4.90 Å². The van der Waals surface area contributed by atoms with Gasteiger partial charge in [-0.2, -0.15) is 0 Å². The Hall–Kier alpha value is -4.24. The minimum absolute atomic E-state index is 0.200. The Morgan fingerprint density at radius 3 is 2.17 bits per heavy atom. The van der Waals surface area contributed by atoms with Crippen LogP contribution in [0.4, 0.5) is 11.4 Å². The van der Waals surface area contributed by atoms with Crippen molar-refractivity contribution in [3.63, 3.8) is 0 Å². The summed E-state index contributed by atoms with van der Waals surface area (Å²) in [5, 5.41) is 11.2. The van der Waals surface area contributed by atoms with Gasteiger partial charge in [0.05, 0.1) is 40.8 Å². The van der Waals surface area contributed by atoms with Crippen molar-refractivity contribution in [2.45, 2.75) is 43.1 Å². The number of rotatable bonds is 7. The number of aliphatic hydroxyl groups excluding tert-OH is 1. The molecule has 46 heavy (non-hydrogen) atoms. The Morgan fingerprint density at radius 1 is 0.826 bits per heavy atom. The second-order valence-corrected chi connectivity index (χ2v) is 12.8. The maximum absolute atomic E-state index is 15.0. The third kappa shape index (κ3) is 4.62. The van der Waals surface area contributed by atoms with E-state index in [0.29, 0.717) is 30.1 Å². The highest BCUT2D eigenvalue weighted by atomic mass is 35.5. The third-order valence-electron chi connectivity index (χ3n) is 10.0. The molecule has 3 aromatic rings. The number of para-hydroxylation sites is 2. The molecule has 0 radical (unpaired) electrons. The number of nitrogens with zero attached hydrogens (tertiary/aromatic N) is 3. The fraction of sp³-hybridized carbons (Fsp3) is 0.324. The van der Waals surface area contributed by atoms with E-state index in [1.54, 1.807) is 28.0 Å². The average Bonchev–Trinajstić information content (AvgIpc) is 3.38. The summed E-state index contributed by atoms with van der Waals surface area (Å²) in [6.45, 7) is 2.09. The predicted octanol–water partition coefficient (Wildman–Crippen LogP) is 4.81. The standard InChI is InChI=1S/C37H36ClN3O5/c1-2-36-19-11-21-39(26-15-7-4-8-16-26)33(43)30(36)31-34(44)41(27(24-42)23-25-13-5-3-6-14-25)32-35(45)40(22-12-20-37(31,32)46-36)29-18-10-9-17-28(29)38/h3-20,27,30-32,42H,2,21-24H2,1H3/t27-,30+,31+,32?,36-,37+/m1/s1. The van der Waals surface area contributed by atoms with Crippen LogP contribution in [-0.2, 0) is 25.5 Å². The molecule has 2 saturated heterocycles. The highest BCUT2D eigenvalue weighted by Gasteiger charge is 2.76. The van der Waals surface area contributed by atoms with E-state index in [4.69, 9.17) is 16.3 Å². The number of fused-ring (bicyclic) bond motifs is 2. The molecule has 0 aliphatic carbocycles. The van der Waals surface area contributed by atoms with E-state index in [9.17, 15) is 14.7 Å². The van der Waals surface area contributed by atoms with Crippen LogP contribution in [-0.4, -0.2) is 70.7 Å². The van der Waals surface area contributed by atoms with Crippen LogP contribution >= 0.6 is 11.6 Å². The van der Waals surface area contributed by atoms with Crippen LogP contribution in [0, 0.1) is 11.8 Å². The summed E-state index contributed by atoms with van der Waals surface area (Å²) in [7, 11) is 0. The lowest BCUT2D eigenvalue weighted by Gasteiger charge is -2.41. The molecule has 1 unspecified atom stereocenters. The van der Waals surface area contributed by atoms with Gasteiger partial charge in [-0.15, -0.1) is 0 Å². The molecule has 8 nitrogen and oxygen atoms in total. The lowest BCUT2D eigenvalue weighted by Crippen LogP contribution is -2.59. The van der Waals surface area contributed by atoms with Gasteiger partial charge in [-0.25, -0.2) is 0 Å². The number of aliphatic hydroxyl groups is 1. The van der Waals surface area contributed by atoms with E-state index >= 15 is 4.79 Å². The zero-order valence-corrected chi connectivity index (χ0v) is 26.3. The molecule has 0 saturated carbocycles. The van der Waals surface area contributed by atoms with E-state index < -0.39 is 35.1 Å². The van der Waals surface area contributed by atoms with E-state index in [1.807, 2.05) is 98.0 Å². The molecule has 0 aromatic heterocycles. The lowest BCUT2D eigenvalue weighted by molar-refractivity contribution is -0.149. The summed E-state index contributed by atoms with van der Waals surface area (Å²) >= 11 is 6.62. The fourth-order valence-corrected chi connectivity index (χ4v) is 8.19. The summed E-state index contributed by atoms with van der Waals surface area (Å²) < 4.78 is 7.12. The molecule has 6 atom stereocenters. The first-order chi connectivity index (χ1) is 22.3. The Balaban J connectivity index is 1.39. The Bertz CT molecular complexity index is 1710. The quantitative estimate of drug-likeness (QED) is 0.376. The number of likely N-dealkylation sites (tertiary alicyclic amines) is 1. The van der Waals surface area contributed by atoms with E-state index in [-0.39, 0.29) is 30.9 Å². The molecule has 0 bridgehead atoms. The number of ether oxygens (including phenoxy) is 1. The third-order valence-corrected chi connectivity index (χ3v) is 10.3. The summed E-state index contributed by atoms with van der Waals surface area (Å²) in [5.41, 5.74) is -0.441. The largest absolute Gasteiger partial charge is 0.394 e. The number of hydrogen-bond donors (Lipinski definition) is 1. The smallest absolute Gasteiger partial charge is 0.253 e. The molecule has 7 rings (SSSR count). The molecule has 9 heteroatoms. The fourth-order valence-electron chi connectivity index (χ4n) is 7.96. The van der Waals surface area contributed by atoms with Gasteiger partial charge in [0, 0.05) is 18.8 Å². The second-order valence-electron chi connectivity index (χ2n) is 12.4. The summed E-state index contributed by atoms with van der Waals surface area (Å²) in [4.78, 5) is 49.5. The van der Waals surface area contributed by atoms with Crippen LogP contribution in [0.15, 0.2) is 109 Å². The van der Waals surface area contributed by atoms with Crippen molar-refractivity contribution < 1.29 is 24.2 Å². The van der Waals surface area contributed by atoms with Crippen molar-refractivity contribution in [3.05, 3.63) is 120 Å². The number of carbonyl (C=O) groups excluding carboxylic acids is 3. The van der Waals surface area contributed by atoms with Gasteiger partial charge < -0.3 is 24.5 Å². The van der Waals surface area contributed by atoms with Gasteiger partial charge in [-0.1, -0.05) is 103 Å². The van der Waals surface area contributed by atoms with Gasteiger partial charge in [0.1, 0.15) is 11.6 Å². The van der Waals surface area contributed by atoms with Crippen LogP contribution in [0.1, 0.15) is 18.9 Å².